The van der Waals surface area contributed by atoms with Gasteiger partial charge in [-0.15, -0.1) is 0 Å². The number of amides is 1. The molecule has 0 radical (unpaired) electrons. The van der Waals surface area contributed by atoms with Crippen molar-refractivity contribution in [3.8, 4) is 0 Å². The third-order valence-electron chi connectivity index (χ3n) is 3.08. The van der Waals surface area contributed by atoms with Crippen LogP contribution in [0.3, 0.4) is 0 Å². The molecule has 0 spiro atoms. The standard InChI is InChI=1S/C14H19N5O/c1-11-13(9-17-18-11)14(20)19(7-3-5-15)10-12-4-2-6-16-8-12/h2,4,6,8-9H,3,5,7,10,15H2,1H3,(H,17,18). The molecule has 0 aliphatic rings. The van der Waals surface area contributed by atoms with Gasteiger partial charge in [0.1, 0.15) is 0 Å². The van der Waals surface area contributed by atoms with Gasteiger partial charge in [0, 0.05) is 31.2 Å². The van der Waals surface area contributed by atoms with E-state index in [0.29, 0.717) is 25.2 Å². The molecule has 0 aliphatic carbocycles. The Morgan fingerprint density at radius 3 is 2.90 bits per heavy atom. The molecule has 3 N–H and O–H groups in total. The predicted molar refractivity (Wildman–Crippen MR) is 76.0 cm³/mol. The van der Waals surface area contributed by atoms with Crippen LogP contribution in [0.2, 0.25) is 0 Å². The molecule has 0 saturated heterocycles. The number of aryl methyl sites for hydroxylation is 1. The maximum atomic E-state index is 12.5. The fourth-order valence-electron chi connectivity index (χ4n) is 1.98. The summed E-state index contributed by atoms with van der Waals surface area (Å²) in [7, 11) is 0. The summed E-state index contributed by atoms with van der Waals surface area (Å²) >= 11 is 0. The van der Waals surface area contributed by atoms with Crippen LogP contribution >= 0.6 is 0 Å². The van der Waals surface area contributed by atoms with E-state index in [2.05, 4.69) is 15.2 Å². The van der Waals surface area contributed by atoms with Crippen LogP contribution in [0, 0.1) is 6.92 Å². The highest BCUT2D eigenvalue weighted by Crippen LogP contribution is 2.11. The second-order valence-electron chi connectivity index (χ2n) is 4.64. The first-order valence-corrected chi connectivity index (χ1v) is 6.60. The number of pyridine rings is 1. The zero-order valence-electron chi connectivity index (χ0n) is 11.5. The molecule has 6 heteroatoms. The lowest BCUT2D eigenvalue weighted by atomic mass is 10.2. The largest absolute Gasteiger partial charge is 0.334 e. The Balaban J connectivity index is 2.15. The number of carbonyl (C=O) groups is 1. The molecule has 106 valence electrons. The molecule has 1 amide bonds. The second kappa shape index (κ2) is 6.81. The van der Waals surface area contributed by atoms with Gasteiger partial charge in [0.2, 0.25) is 0 Å². The van der Waals surface area contributed by atoms with Crippen molar-refractivity contribution in [3.05, 3.63) is 47.5 Å². The molecule has 2 rings (SSSR count). The number of nitrogens with two attached hydrogens (primary N) is 1. The van der Waals surface area contributed by atoms with Gasteiger partial charge in [-0.05, 0) is 31.5 Å². The monoisotopic (exact) mass is 273 g/mol. The van der Waals surface area contributed by atoms with Crippen molar-refractivity contribution in [2.45, 2.75) is 19.9 Å². The quantitative estimate of drug-likeness (QED) is 0.825. The third kappa shape index (κ3) is 3.42. The Morgan fingerprint density at radius 2 is 2.30 bits per heavy atom. The summed E-state index contributed by atoms with van der Waals surface area (Å²) in [4.78, 5) is 18.4. The Morgan fingerprint density at radius 1 is 1.45 bits per heavy atom. The lowest BCUT2D eigenvalue weighted by Crippen LogP contribution is -2.32. The van der Waals surface area contributed by atoms with E-state index in [1.54, 1.807) is 23.5 Å². The highest BCUT2D eigenvalue weighted by Gasteiger charge is 2.18. The van der Waals surface area contributed by atoms with E-state index in [-0.39, 0.29) is 5.91 Å². The molecule has 6 nitrogen and oxygen atoms in total. The Labute approximate surface area is 118 Å². The van der Waals surface area contributed by atoms with Crippen molar-refractivity contribution in [2.75, 3.05) is 13.1 Å². The minimum absolute atomic E-state index is 0.0337. The number of hydrogen-bond acceptors (Lipinski definition) is 4. The van der Waals surface area contributed by atoms with Crippen molar-refractivity contribution in [2.24, 2.45) is 5.73 Å². The molecule has 0 aliphatic heterocycles. The summed E-state index contributed by atoms with van der Waals surface area (Å²) in [6.07, 6.45) is 5.82. The Bertz CT molecular complexity index is 552. The van der Waals surface area contributed by atoms with Crippen LogP contribution < -0.4 is 5.73 Å². The molecule has 0 unspecified atom stereocenters. The van der Waals surface area contributed by atoms with Crippen LogP contribution in [0.4, 0.5) is 0 Å². The summed E-state index contributed by atoms with van der Waals surface area (Å²) in [5.74, 6) is -0.0337. The van der Waals surface area contributed by atoms with Crippen LogP contribution in [0.25, 0.3) is 0 Å². The van der Waals surface area contributed by atoms with Gasteiger partial charge in [-0.25, -0.2) is 0 Å². The van der Waals surface area contributed by atoms with E-state index >= 15 is 0 Å². The number of nitrogens with zero attached hydrogens (tertiary/aromatic N) is 3. The average Bonchev–Trinajstić information content (AvgIpc) is 2.90. The molecule has 2 aromatic heterocycles. The van der Waals surface area contributed by atoms with E-state index in [1.165, 1.54) is 0 Å². The summed E-state index contributed by atoms with van der Waals surface area (Å²) in [6.45, 7) is 3.54. The number of nitrogens with one attached hydrogen (secondary N) is 1. The van der Waals surface area contributed by atoms with Crippen molar-refractivity contribution >= 4 is 5.91 Å². The van der Waals surface area contributed by atoms with E-state index < -0.39 is 0 Å². The second-order valence-corrected chi connectivity index (χ2v) is 4.64. The maximum absolute atomic E-state index is 12.5. The van der Waals surface area contributed by atoms with Gasteiger partial charge in [0.15, 0.2) is 0 Å². The molecule has 0 aromatic carbocycles. The van der Waals surface area contributed by atoms with Crippen LogP contribution in [-0.2, 0) is 6.54 Å². The van der Waals surface area contributed by atoms with Gasteiger partial charge in [-0.1, -0.05) is 6.07 Å². The van der Waals surface area contributed by atoms with Crippen molar-refractivity contribution < 1.29 is 4.79 Å². The van der Waals surface area contributed by atoms with Gasteiger partial charge >= 0.3 is 0 Å². The van der Waals surface area contributed by atoms with E-state index in [0.717, 1.165) is 17.7 Å². The van der Waals surface area contributed by atoms with Gasteiger partial charge in [-0.3, -0.25) is 14.9 Å². The van der Waals surface area contributed by atoms with Crippen molar-refractivity contribution in [1.82, 2.24) is 20.1 Å². The molecular formula is C14H19N5O. The summed E-state index contributed by atoms with van der Waals surface area (Å²) in [6, 6.07) is 3.82. The lowest BCUT2D eigenvalue weighted by Gasteiger charge is -2.22. The average molecular weight is 273 g/mol. The van der Waals surface area contributed by atoms with Crippen molar-refractivity contribution in [1.29, 1.82) is 0 Å². The number of hydrogen-bond donors (Lipinski definition) is 2. The summed E-state index contributed by atoms with van der Waals surface area (Å²) in [5.41, 5.74) is 7.93. The van der Waals surface area contributed by atoms with Crippen LogP contribution in [0.1, 0.15) is 28.0 Å². The molecular weight excluding hydrogens is 254 g/mol. The molecule has 0 saturated carbocycles. The number of rotatable bonds is 6. The van der Waals surface area contributed by atoms with Crippen LogP contribution in [-0.4, -0.2) is 39.1 Å². The molecule has 0 bridgehead atoms. The van der Waals surface area contributed by atoms with E-state index in [4.69, 9.17) is 5.73 Å². The lowest BCUT2D eigenvalue weighted by molar-refractivity contribution is 0.0741. The first-order chi connectivity index (χ1) is 9.72. The smallest absolute Gasteiger partial charge is 0.257 e. The van der Waals surface area contributed by atoms with Gasteiger partial charge < -0.3 is 10.6 Å². The van der Waals surface area contributed by atoms with Crippen LogP contribution in [0.5, 0.6) is 0 Å². The Kier molecular flexibility index (Phi) is 4.84. The van der Waals surface area contributed by atoms with Gasteiger partial charge in [0.05, 0.1) is 11.8 Å². The normalized spacial score (nSPS) is 10.5. The van der Waals surface area contributed by atoms with E-state index in [1.807, 2.05) is 19.1 Å². The maximum Gasteiger partial charge on any atom is 0.257 e. The molecule has 0 atom stereocenters. The molecule has 20 heavy (non-hydrogen) atoms. The Hall–Kier alpha value is -2.21. The fourth-order valence-corrected chi connectivity index (χ4v) is 1.98. The number of carbonyl (C=O) groups excluding carboxylic acids is 1. The summed E-state index contributed by atoms with van der Waals surface area (Å²) < 4.78 is 0. The molecule has 2 heterocycles. The first-order valence-electron chi connectivity index (χ1n) is 6.60. The highest BCUT2D eigenvalue weighted by atomic mass is 16.2. The zero-order valence-corrected chi connectivity index (χ0v) is 11.5. The van der Waals surface area contributed by atoms with Gasteiger partial charge in [0.25, 0.3) is 5.91 Å². The number of H-pyrrole nitrogens is 1. The SMILES string of the molecule is Cc1[nH]ncc1C(=O)N(CCCN)Cc1cccnc1. The zero-order chi connectivity index (χ0) is 14.4. The number of aromatic nitrogens is 3. The molecule has 0 fully saturated rings. The first kappa shape index (κ1) is 14.2. The fraction of sp³-hybridized carbons (Fsp3) is 0.357. The minimum Gasteiger partial charge on any atom is -0.334 e. The van der Waals surface area contributed by atoms with E-state index in [9.17, 15) is 4.79 Å². The third-order valence-corrected chi connectivity index (χ3v) is 3.08. The highest BCUT2D eigenvalue weighted by molar-refractivity contribution is 5.94. The van der Waals surface area contributed by atoms with Gasteiger partial charge in [-0.2, -0.15) is 5.10 Å². The van der Waals surface area contributed by atoms with Crippen molar-refractivity contribution in [3.63, 3.8) is 0 Å². The number of aromatic amines is 1. The topological polar surface area (TPSA) is 87.9 Å². The van der Waals surface area contributed by atoms with Crippen LogP contribution in [0.15, 0.2) is 30.7 Å². The minimum atomic E-state index is -0.0337. The summed E-state index contributed by atoms with van der Waals surface area (Å²) in [5, 5.41) is 6.69. The predicted octanol–water partition coefficient (Wildman–Crippen LogP) is 1.10. The molecule has 2 aromatic rings.